The molecule has 0 N–H and O–H groups in total. The van der Waals surface area contributed by atoms with Crippen molar-refractivity contribution in [2.45, 2.75) is 0 Å². The first-order valence-electron chi connectivity index (χ1n) is 9.77. The van der Waals surface area contributed by atoms with Gasteiger partial charge in [-0.25, -0.2) is 14.4 Å². The van der Waals surface area contributed by atoms with Crippen LogP contribution in [0.4, 0.5) is 10.2 Å². The van der Waals surface area contributed by atoms with Crippen molar-refractivity contribution in [2.75, 3.05) is 38.1 Å². The molecule has 0 bridgehead atoms. The van der Waals surface area contributed by atoms with E-state index in [1.165, 1.54) is 6.07 Å². The van der Waals surface area contributed by atoms with Crippen molar-refractivity contribution in [1.29, 1.82) is 0 Å². The Bertz CT molecular complexity index is 1200. The molecule has 152 valence electrons. The van der Waals surface area contributed by atoms with Gasteiger partial charge in [0.1, 0.15) is 11.6 Å². The highest BCUT2D eigenvalue weighted by molar-refractivity contribution is 6.31. The van der Waals surface area contributed by atoms with Crippen LogP contribution in [0.1, 0.15) is 0 Å². The molecule has 1 aliphatic heterocycles. The molecule has 0 atom stereocenters. The number of pyridine rings is 1. The van der Waals surface area contributed by atoms with Crippen molar-refractivity contribution in [3.05, 3.63) is 66.0 Å². The summed E-state index contributed by atoms with van der Waals surface area (Å²) >= 11 is 5.96. The minimum Gasteiger partial charge on any atom is -0.354 e. The summed E-state index contributed by atoms with van der Waals surface area (Å²) in [4.78, 5) is 18.2. The summed E-state index contributed by atoms with van der Waals surface area (Å²) in [6.45, 7) is 4.04. The molecule has 5 rings (SSSR count). The Hall–Kier alpha value is -3.03. The van der Waals surface area contributed by atoms with Gasteiger partial charge in [-0.1, -0.05) is 11.6 Å². The predicted octanol–water partition coefficient (Wildman–Crippen LogP) is 4.00. The smallest absolute Gasteiger partial charge is 0.155 e. The zero-order chi connectivity index (χ0) is 20.7. The third-order valence-corrected chi connectivity index (χ3v) is 5.77. The maximum absolute atomic E-state index is 13.5. The topological polar surface area (TPSA) is 49.6 Å². The van der Waals surface area contributed by atoms with Crippen LogP contribution >= 0.6 is 11.6 Å². The molecule has 0 unspecified atom stereocenters. The number of benzene rings is 1. The minimum absolute atomic E-state index is 0.0837. The Labute approximate surface area is 178 Å². The van der Waals surface area contributed by atoms with Crippen LogP contribution in [0.3, 0.4) is 0 Å². The first kappa shape index (κ1) is 19.0. The monoisotopic (exact) mass is 422 g/mol. The number of aromatic nitrogens is 4. The maximum Gasteiger partial charge on any atom is 0.155 e. The second-order valence-electron chi connectivity index (χ2n) is 7.47. The van der Waals surface area contributed by atoms with Crippen LogP contribution < -0.4 is 4.90 Å². The number of anilines is 1. The van der Waals surface area contributed by atoms with E-state index in [9.17, 15) is 4.39 Å². The summed E-state index contributed by atoms with van der Waals surface area (Å²) in [7, 11) is 2.14. The molecule has 0 aliphatic carbocycles. The van der Waals surface area contributed by atoms with Gasteiger partial charge in [-0.3, -0.25) is 9.38 Å². The summed E-state index contributed by atoms with van der Waals surface area (Å²) in [6, 6.07) is 8.74. The number of rotatable bonds is 3. The molecule has 1 aromatic carbocycles. The number of nitrogens with zero attached hydrogens (tertiary/aromatic N) is 6. The molecule has 6 nitrogen and oxygen atoms in total. The number of likely N-dealkylation sites (N-methyl/N-ethyl adjacent to an activating group) is 1. The third kappa shape index (κ3) is 3.51. The van der Waals surface area contributed by atoms with Crippen molar-refractivity contribution in [2.24, 2.45) is 0 Å². The van der Waals surface area contributed by atoms with E-state index in [1.54, 1.807) is 24.5 Å². The van der Waals surface area contributed by atoms with Crippen molar-refractivity contribution >= 4 is 23.1 Å². The van der Waals surface area contributed by atoms with E-state index < -0.39 is 5.82 Å². The van der Waals surface area contributed by atoms with Crippen LogP contribution in [-0.4, -0.2) is 57.5 Å². The van der Waals surface area contributed by atoms with Gasteiger partial charge >= 0.3 is 0 Å². The Kier molecular flexibility index (Phi) is 4.84. The summed E-state index contributed by atoms with van der Waals surface area (Å²) in [5, 5.41) is 0.0837. The van der Waals surface area contributed by atoms with Crippen LogP contribution in [0.15, 0.2) is 55.1 Å². The molecule has 30 heavy (non-hydrogen) atoms. The average Bonchev–Trinajstić information content (AvgIpc) is 3.20. The largest absolute Gasteiger partial charge is 0.354 e. The lowest BCUT2D eigenvalue weighted by Gasteiger charge is -2.33. The molecule has 3 aromatic heterocycles. The quantitative estimate of drug-likeness (QED) is 0.499. The van der Waals surface area contributed by atoms with E-state index in [2.05, 4.69) is 31.8 Å². The van der Waals surface area contributed by atoms with Crippen LogP contribution in [0.2, 0.25) is 5.02 Å². The van der Waals surface area contributed by atoms with Gasteiger partial charge in [0.15, 0.2) is 5.65 Å². The van der Waals surface area contributed by atoms with Crippen molar-refractivity contribution in [3.63, 3.8) is 0 Å². The highest BCUT2D eigenvalue weighted by Gasteiger charge is 2.16. The SMILES string of the molecule is CN1CCN(c2ccc(-c3cn4c(-c5ccc(F)c(Cl)c5)cnc4cn3)cn2)CC1. The fraction of sp³-hybridized carbons (Fsp3) is 0.227. The van der Waals surface area contributed by atoms with E-state index in [0.717, 1.165) is 54.5 Å². The number of piperazine rings is 1. The number of imidazole rings is 1. The van der Waals surface area contributed by atoms with Gasteiger partial charge in [-0.05, 0) is 37.4 Å². The van der Waals surface area contributed by atoms with Crippen molar-refractivity contribution in [1.82, 2.24) is 24.3 Å². The molecular formula is C22H20ClFN6. The Morgan fingerprint density at radius 2 is 1.70 bits per heavy atom. The van der Waals surface area contributed by atoms with E-state index >= 15 is 0 Å². The zero-order valence-electron chi connectivity index (χ0n) is 16.5. The normalized spacial score (nSPS) is 15.1. The number of hydrogen-bond acceptors (Lipinski definition) is 5. The van der Waals surface area contributed by atoms with Gasteiger partial charge in [0.05, 0.1) is 28.8 Å². The van der Waals surface area contributed by atoms with Crippen LogP contribution in [0.25, 0.3) is 28.2 Å². The first-order chi connectivity index (χ1) is 14.6. The lowest BCUT2D eigenvalue weighted by Crippen LogP contribution is -2.44. The summed E-state index contributed by atoms with van der Waals surface area (Å²) < 4.78 is 15.5. The second kappa shape index (κ2) is 7.66. The van der Waals surface area contributed by atoms with E-state index in [4.69, 9.17) is 11.6 Å². The van der Waals surface area contributed by atoms with Gasteiger partial charge in [0.25, 0.3) is 0 Å². The highest BCUT2D eigenvalue weighted by atomic mass is 35.5. The molecule has 1 fully saturated rings. The van der Waals surface area contributed by atoms with Crippen molar-refractivity contribution < 1.29 is 4.39 Å². The molecule has 4 aromatic rings. The van der Waals surface area contributed by atoms with Gasteiger partial charge < -0.3 is 9.80 Å². The maximum atomic E-state index is 13.5. The summed E-state index contributed by atoms with van der Waals surface area (Å²) in [6.07, 6.45) is 7.23. The fourth-order valence-electron chi connectivity index (χ4n) is 3.67. The Morgan fingerprint density at radius 1 is 0.900 bits per heavy atom. The average molecular weight is 423 g/mol. The molecule has 0 saturated carbocycles. The van der Waals surface area contributed by atoms with Gasteiger partial charge in [0, 0.05) is 49.7 Å². The van der Waals surface area contributed by atoms with Gasteiger partial charge in [-0.2, -0.15) is 0 Å². The second-order valence-corrected chi connectivity index (χ2v) is 7.88. The highest BCUT2D eigenvalue weighted by Crippen LogP contribution is 2.27. The fourth-order valence-corrected chi connectivity index (χ4v) is 3.85. The number of fused-ring (bicyclic) bond motifs is 1. The van der Waals surface area contributed by atoms with Crippen LogP contribution in [0.5, 0.6) is 0 Å². The van der Waals surface area contributed by atoms with Gasteiger partial charge in [0.2, 0.25) is 0 Å². The van der Waals surface area contributed by atoms with E-state index in [0.29, 0.717) is 5.65 Å². The predicted molar refractivity (Wildman–Crippen MR) is 116 cm³/mol. The number of hydrogen-bond donors (Lipinski definition) is 0. The van der Waals surface area contributed by atoms with Crippen LogP contribution in [-0.2, 0) is 0 Å². The van der Waals surface area contributed by atoms with Crippen molar-refractivity contribution in [3.8, 4) is 22.5 Å². The standard InChI is InChI=1S/C22H20ClFN6/c1-28-6-8-29(9-7-28)21-5-3-16(11-26-21)19-14-30-20(12-27-22(30)13-25-19)15-2-4-18(24)17(23)10-15/h2-5,10-14H,6-9H2,1H3. The molecule has 0 amide bonds. The Balaban J connectivity index is 1.47. The summed E-state index contributed by atoms with van der Waals surface area (Å²) in [5.41, 5.74) is 4.02. The Morgan fingerprint density at radius 3 is 2.43 bits per heavy atom. The molecule has 0 spiro atoms. The summed E-state index contributed by atoms with van der Waals surface area (Å²) in [5.74, 6) is 0.542. The first-order valence-corrected chi connectivity index (χ1v) is 10.1. The molecular weight excluding hydrogens is 403 g/mol. The van der Waals surface area contributed by atoms with E-state index in [1.807, 2.05) is 28.9 Å². The lowest BCUT2D eigenvalue weighted by molar-refractivity contribution is 0.312. The molecule has 1 aliphatic rings. The van der Waals surface area contributed by atoms with Crippen LogP contribution in [0, 0.1) is 5.82 Å². The molecule has 1 saturated heterocycles. The molecule has 8 heteroatoms. The third-order valence-electron chi connectivity index (χ3n) is 5.48. The molecule has 4 heterocycles. The number of halogens is 2. The zero-order valence-corrected chi connectivity index (χ0v) is 17.2. The lowest BCUT2D eigenvalue weighted by atomic mass is 10.1. The van der Waals surface area contributed by atoms with E-state index in [-0.39, 0.29) is 5.02 Å². The minimum atomic E-state index is -0.442. The van der Waals surface area contributed by atoms with Gasteiger partial charge in [-0.15, -0.1) is 0 Å². The molecule has 0 radical (unpaired) electrons.